The van der Waals surface area contributed by atoms with Gasteiger partial charge >= 0.3 is 0 Å². The van der Waals surface area contributed by atoms with Crippen LogP contribution in [0.1, 0.15) is 26.2 Å². The van der Waals surface area contributed by atoms with Crippen molar-refractivity contribution in [2.24, 2.45) is 0 Å². The molecule has 1 heterocycles. The molecule has 1 atom stereocenters. The minimum atomic E-state index is -4.10. The lowest BCUT2D eigenvalue weighted by Crippen LogP contribution is -2.35. The number of halogens is 1. The van der Waals surface area contributed by atoms with Crippen LogP contribution in [0.3, 0.4) is 0 Å². The molecule has 1 aliphatic heterocycles. The first kappa shape index (κ1) is 15.8. The summed E-state index contributed by atoms with van der Waals surface area (Å²) in [7, 11) is -2.61. The number of hydrogen-bond acceptors (Lipinski definition) is 4. The predicted molar refractivity (Wildman–Crippen MR) is 76.7 cm³/mol. The van der Waals surface area contributed by atoms with Gasteiger partial charge in [-0.05, 0) is 31.4 Å². The van der Waals surface area contributed by atoms with E-state index in [1.54, 1.807) is 0 Å². The van der Waals surface area contributed by atoms with Crippen molar-refractivity contribution in [3.8, 4) is 0 Å². The summed E-state index contributed by atoms with van der Waals surface area (Å²) in [4.78, 5) is -0.598. The monoisotopic (exact) mass is 337 g/mol. The maximum Gasteiger partial charge on any atom is 0.262 e. The van der Waals surface area contributed by atoms with E-state index in [1.807, 2.05) is 6.92 Å². The van der Waals surface area contributed by atoms with Crippen LogP contribution in [0.2, 0.25) is 0 Å². The number of nitrogens with zero attached hydrogens (tertiary/aromatic N) is 1. The topological polar surface area (TPSA) is 71.5 Å². The molecule has 112 valence electrons. The third-order valence-electron chi connectivity index (χ3n) is 3.49. The van der Waals surface area contributed by atoms with Crippen LogP contribution in [0.5, 0.6) is 0 Å². The van der Waals surface area contributed by atoms with Gasteiger partial charge in [-0.1, -0.05) is 19.1 Å². The second-order valence-electron chi connectivity index (χ2n) is 4.70. The Morgan fingerprint density at radius 2 is 1.80 bits per heavy atom. The maximum atomic E-state index is 12.7. The Hall–Kier alpha value is -0.630. The summed E-state index contributed by atoms with van der Waals surface area (Å²) in [5, 5.41) is 0. The molecule has 0 aliphatic carbocycles. The summed E-state index contributed by atoms with van der Waals surface area (Å²) in [6.07, 6.45) is 2.29. The summed E-state index contributed by atoms with van der Waals surface area (Å²) in [6, 6.07) is 5.37. The Morgan fingerprint density at radius 3 is 2.35 bits per heavy atom. The smallest absolute Gasteiger partial charge is 0.207 e. The van der Waals surface area contributed by atoms with Gasteiger partial charge in [-0.3, -0.25) is 0 Å². The molecule has 8 heteroatoms. The molecular formula is C12H16ClNO4S2. The second-order valence-corrected chi connectivity index (χ2v) is 9.10. The van der Waals surface area contributed by atoms with E-state index in [4.69, 9.17) is 10.7 Å². The van der Waals surface area contributed by atoms with Gasteiger partial charge in [0.1, 0.15) is 9.79 Å². The van der Waals surface area contributed by atoms with E-state index in [0.29, 0.717) is 13.0 Å². The fourth-order valence-corrected chi connectivity index (χ4v) is 6.10. The third-order valence-corrected chi connectivity index (χ3v) is 7.01. The highest BCUT2D eigenvalue weighted by Gasteiger charge is 2.36. The molecule has 2 rings (SSSR count). The molecule has 0 bridgehead atoms. The minimum Gasteiger partial charge on any atom is -0.207 e. The van der Waals surface area contributed by atoms with Gasteiger partial charge in [0.2, 0.25) is 10.0 Å². The highest BCUT2D eigenvalue weighted by molar-refractivity contribution is 8.14. The highest BCUT2D eigenvalue weighted by atomic mass is 35.7. The first-order chi connectivity index (χ1) is 9.28. The Balaban J connectivity index is 2.56. The van der Waals surface area contributed by atoms with Crippen molar-refractivity contribution in [2.75, 3.05) is 6.54 Å². The van der Waals surface area contributed by atoms with Gasteiger partial charge in [-0.15, -0.1) is 0 Å². The van der Waals surface area contributed by atoms with E-state index < -0.39 is 19.1 Å². The molecule has 1 aromatic carbocycles. The minimum absolute atomic E-state index is 0.0777. The summed E-state index contributed by atoms with van der Waals surface area (Å²) >= 11 is 0. The number of hydrogen-bond donors (Lipinski definition) is 0. The quantitative estimate of drug-likeness (QED) is 0.789. The zero-order chi connectivity index (χ0) is 15.0. The van der Waals surface area contributed by atoms with Gasteiger partial charge in [0.25, 0.3) is 9.05 Å². The summed E-state index contributed by atoms with van der Waals surface area (Å²) in [5.41, 5.74) is 0. The zero-order valence-electron chi connectivity index (χ0n) is 11.0. The van der Waals surface area contributed by atoms with E-state index in [-0.39, 0.29) is 15.8 Å². The molecule has 0 amide bonds. The molecule has 1 unspecified atom stereocenters. The average molecular weight is 338 g/mol. The van der Waals surface area contributed by atoms with E-state index in [2.05, 4.69) is 0 Å². The van der Waals surface area contributed by atoms with Gasteiger partial charge in [-0.25, -0.2) is 16.8 Å². The zero-order valence-corrected chi connectivity index (χ0v) is 13.4. The lowest BCUT2D eigenvalue weighted by Gasteiger charge is -2.23. The van der Waals surface area contributed by atoms with Gasteiger partial charge in [0.05, 0.1) is 0 Å². The van der Waals surface area contributed by atoms with Crippen LogP contribution in [-0.2, 0) is 19.1 Å². The fourth-order valence-electron chi connectivity index (χ4n) is 2.52. The van der Waals surface area contributed by atoms with Gasteiger partial charge in [-0.2, -0.15) is 4.31 Å². The summed E-state index contributed by atoms with van der Waals surface area (Å²) < 4.78 is 49.8. The molecule has 0 spiro atoms. The molecule has 1 aliphatic rings. The van der Waals surface area contributed by atoms with Crippen LogP contribution < -0.4 is 0 Å². The van der Waals surface area contributed by atoms with Crippen molar-refractivity contribution in [2.45, 2.75) is 42.0 Å². The molecule has 0 aromatic heterocycles. The molecule has 0 N–H and O–H groups in total. The Bertz CT molecular complexity index is 700. The number of benzene rings is 1. The van der Waals surface area contributed by atoms with Gasteiger partial charge in [0.15, 0.2) is 0 Å². The number of rotatable bonds is 4. The van der Waals surface area contributed by atoms with E-state index in [9.17, 15) is 16.8 Å². The van der Waals surface area contributed by atoms with Crippen LogP contribution in [-0.4, -0.2) is 33.7 Å². The van der Waals surface area contributed by atoms with Crippen molar-refractivity contribution in [1.82, 2.24) is 4.31 Å². The van der Waals surface area contributed by atoms with Crippen molar-refractivity contribution in [3.63, 3.8) is 0 Å². The molecule has 20 heavy (non-hydrogen) atoms. The standard InChI is InChI=1S/C12H16ClNO4S2/c1-2-10-6-5-9-14(10)20(17,18)12-8-4-3-7-11(12)19(13,15)16/h3-4,7-8,10H,2,5-6,9H2,1H3. The van der Waals surface area contributed by atoms with Crippen LogP contribution in [0.15, 0.2) is 34.1 Å². The van der Waals surface area contributed by atoms with Crippen LogP contribution in [0.25, 0.3) is 0 Å². The largest absolute Gasteiger partial charge is 0.262 e. The highest BCUT2D eigenvalue weighted by Crippen LogP contribution is 2.31. The molecular weight excluding hydrogens is 322 g/mol. The van der Waals surface area contributed by atoms with E-state index in [0.717, 1.165) is 12.8 Å². The second kappa shape index (κ2) is 5.63. The van der Waals surface area contributed by atoms with Crippen molar-refractivity contribution in [1.29, 1.82) is 0 Å². The SMILES string of the molecule is CCC1CCCN1S(=O)(=O)c1ccccc1S(=O)(=O)Cl. The van der Waals surface area contributed by atoms with Crippen molar-refractivity contribution in [3.05, 3.63) is 24.3 Å². The first-order valence-electron chi connectivity index (χ1n) is 6.34. The molecule has 1 saturated heterocycles. The lowest BCUT2D eigenvalue weighted by atomic mass is 10.2. The molecule has 0 radical (unpaired) electrons. The van der Waals surface area contributed by atoms with E-state index in [1.165, 1.54) is 28.6 Å². The predicted octanol–water partition coefficient (Wildman–Crippen LogP) is 2.18. The molecule has 1 aromatic rings. The number of sulfonamides is 1. The van der Waals surface area contributed by atoms with Gasteiger partial charge in [0, 0.05) is 23.3 Å². The van der Waals surface area contributed by atoms with Crippen LogP contribution in [0.4, 0.5) is 0 Å². The normalized spacial score (nSPS) is 21.2. The maximum absolute atomic E-state index is 12.7. The Kier molecular flexibility index (Phi) is 4.44. The molecule has 1 fully saturated rings. The van der Waals surface area contributed by atoms with Gasteiger partial charge < -0.3 is 0 Å². The van der Waals surface area contributed by atoms with Crippen molar-refractivity contribution < 1.29 is 16.8 Å². The molecule has 5 nitrogen and oxygen atoms in total. The van der Waals surface area contributed by atoms with Crippen LogP contribution in [0, 0.1) is 0 Å². The third kappa shape index (κ3) is 2.86. The molecule has 0 saturated carbocycles. The fraction of sp³-hybridized carbons (Fsp3) is 0.500. The van der Waals surface area contributed by atoms with Crippen LogP contribution >= 0.6 is 10.7 Å². The first-order valence-corrected chi connectivity index (χ1v) is 10.1. The summed E-state index contributed by atoms with van der Waals surface area (Å²) in [5.74, 6) is 0. The van der Waals surface area contributed by atoms with Crippen molar-refractivity contribution >= 4 is 29.8 Å². The average Bonchev–Trinajstić information content (AvgIpc) is 2.86. The Labute approximate surface area is 124 Å². The van der Waals surface area contributed by atoms with E-state index >= 15 is 0 Å². The Morgan fingerprint density at radius 1 is 1.20 bits per heavy atom. The summed E-state index contributed by atoms with van der Waals surface area (Å²) in [6.45, 7) is 2.33. The lowest BCUT2D eigenvalue weighted by molar-refractivity contribution is 0.378.